The molecule has 1 aliphatic heterocycles. The van der Waals surface area contributed by atoms with Gasteiger partial charge in [-0.1, -0.05) is 41.9 Å². The summed E-state index contributed by atoms with van der Waals surface area (Å²) in [6, 6.07) is 13.6. The molecule has 1 heterocycles. The Labute approximate surface area is 181 Å². The number of benzene rings is 2. The molecule has 9 heteroatoms. The molecule has 1 saturated heterocycles. The number of nitrogens with zero attached hydrogens (tertiary/aromatic N) is 1. The highest BCUT2D eigenvalue weighted by atomic mass is 35.5. The topological polar surface area (TPSA) is 95.6 Å². The molecule has 0 aliphatic carbocycles. The third kappa shape index (κ3) is 5.59. The summed E-state index contributed by atoms with van der Waals surface area (Å²) in [5, 5.41) is 5.56. The van der Waals surface area contributed by atoms with E-state index >= 15 is 0 Å². The Kier molecular flexibility index (Phi) is 7.47. The number of rotatable bonds is 8. The quantitative estimate of drug-likeness (QED) is 0.647. The summed E-state index contributed by atoms with van der Waals surface area (Å²) in [5.74, 6) is -0.718. The summed E-state index contributed by atoms with van der Waals surface area (Å²) >= 11 is 6.11. The average Bonchev–Trinajstić information content (AvgIpc) is 3.29. The fraction of sp³-hybridized carbons (Fsp3) is 0.333. The fourth-order valence-corrected chi connectivity index (χ4v) is 4.93. The van der Waals surface area contributed by atoms with Crippen LogP contribution < -0.4 is 10.6 Å². The van der Waals surface area contributed by atoms with Crippen molar-refractivity contribution in [2.45, 2.75) is 30.7 Å². The van der Waals surface area contributed by atoms with Gasteiger partial charge in [0.25, 0.3) is 5.91 Å². The van der Waals surface area contributed by atoms with Gasteiger partial charge in [-0.2, -0.15) is 4.31 Å². The summed E-state index contributed by atoms with van der Waals surface area (Å²) in [7, 11) is -3.65. The van der Waals surface area contributed by atoms with Crippen molar-refractivity contribution in [2.75, 3.05) is 19.6 Å². The third-order valence-corrected chi connectivity index (χ3v) is 7.08. The van der Waals surface area contributed by atoms with Crippen molar-refractivity contribution in [3.63, 3.8) is 0 Å². The first kappa shape index (κ1) is 22.3. The lowest BCUT2D eigenvalue weighted by atomic mass is 10.2. The van der Waals surface area contributed by atoms with Gasteiger partial charge in [-0.3, -0.25) is 9.59 Å². The predicted octanol–water partition coefficient (Wildman–Crippen LogP) is 2.56. The van der Waals surface area contributed by atoms with Gasteiger partial charge in [0.1, 0.15) is 0 Å². The van der Waals surface area contributed by atoms with Crippen LogP contribution in [0.2, 0.25) is 5.02 Å². The van der Waals surface area contributed by atoms with E-state index < -0.39 is 15.9 Å². The van der Waals surface area contributed by atoms with Gasteiger partial charge in [0, 0.05) is 32.6 Å². The van der Waals surface area contributed by atoms with Crippen LogP contribution in [0.4, 0.5) is 0 Å². The zero-order valence-electron chi connectivity index (χ0n) is 16.4. The monoisotopic (exact) mass is 449 g/mol. The van der Waals surface area contributed by atoms with E-state index in [4.69, 9.17) is 11.6 Å². The molecular formula is C21H24ClN3O4S. The number of nitrogens with one attached hydrogen (secondary N) is 2. The van der Waals surface area contributed by atoms with E-state index in [1.165, 1.54) is 22.5 Å². The SMILES string of the molecule is O=C(CCNC(=O)c1cc(S(=O)(=O)N2CCCC2)ccc1Cl)NCc1ccccc1. The molecule has 0 atom stereocenters. The van der Waals surface area contributed by atoms with E-state index in [0.717, 1.165) is 18.4 Å². The molecule has 2 N–H and O–H groups in total. The van der Waals surface area contributed by atoms with Gasteiger partial charge in [0.2, 0.25) is 15.9 Å². The van der Waals surface area contributed by atoms with Crippen LogP contribution in [-0.4, -0.2) is 44.2 Å². The molecule has 2 amide bonds. The second-order valence-corrected chi connectivity index (χ2v) is 9.37. The van der Waals surface area contributed by atoms with Crippen molar-refractivity contribution in [2.24, 2.45) is 0 Å². The molecule has 1 aliphatic rings. The number of sulfonamides is 1. The van der Waals surface area contributed by atoms with Gasteiger partial charge in [-0.25, -0.2) is 8.42 Å². The van der Waals surface area contributed by atoms with Gasteiger partial charge >= 0.3 is 0 Å². The highest BCUT2D eigenvalue weighted by Gasteiger charge is 2.28. The van der Waals surface area contributed by atoms with E-state index in [2.05, 4.69) is 10.6 Å². The minimum absolute atomic E-state index is 0.0413. The Morgan fingerprint density at radius 1 is 1.00 bits per heavy atom. The van der Waals surface area contributed by atoms with Crippen molar-refractivity contribution in [3.8, 4) is 0 Å². The molecule has 0 aromatic heterocycles. The number of amides is 2. The normalized spacial score (nSPS) is 14.4. The Morgan fingerprint density at radius 3 is 2.40 bits per heavy atom. The number of hydrogen-bond acceptors (Lipinski definition) is 4. The first-order chi connectivity index (χ1) is 14.4. The molecule has 0 unspecified atom stereocenters. The first-order valence-corrected chi connectivity index (χ1v) is 11.6. The molecule has 0 saturated carbocycles. The maximum absolute atomic E-state index is 12.7. The van der Waals surface area contributed by atoms with Crippen LogP contribution in [-0.2, 0) is 21.4 Å². The van der Waals surface area contributed by atoms with Gasteiger partial charge < -0.3 is 10.6 Å². The van der Waals surface area contributed by atoms with E-state index in [9.17, 15) is 18.0 Å². The Hall–Kier alpha value is -2.42. The molecule has 0 bridgehead atoms. The van der Waals surface area contributed by atoms with Crippen LogP contribution in [0.1, 0.15) is 35.2 Å². The largest absolute Gasteiger partial charge is 0.352 e. The number of hydrogen-bond donors (Lipinski definition) is 2. The Morgan fingerprint density at radius 2 is 1.70 bits per heavy atom. The second-order valence-electron chi connectivity index (χ2n) is 7.02. The number of carbonyl (C=O) groups excluding carboxylic acids is 2. The van der Waals surface area contributed by atoms with Gasteiger partial charge in [-0.05, 0) is 36.6 Å². The van der Waals surface area contributed by atoms with E-state index in [0.29, 0.717) is 19.6 Å². The van der Waals surface area contributed by atoms with Crippen molar-refractivity contribution < 1.29 is 18.0 Å². The molecule has 3 rings (SSSR count). The van der Waals surface area contributed by atoms with Crippen molar-refractivity contribution >= 4 is 33.4 Å². The van der Waals surface area contributed by atoms with Gasteiger partial charge in [0.15, 0.2) is 0 Å². The van der Waals surface area contributed by atoms with Crippen LogP contribution in [0.5, 0.6) is 0 Å². The van der Waals surface area contributed by atoms with Crippen molar-refractivity contribution in [3.05, 3.63) is 64.7 Å². The molecule has 1 fully saturated rings. The zero-order chi connectivity index (χ0) is 21.6. The highest BCUT2D eigenvalue weighted by Crippen LogP contribution is 2.25. The smallest absolute Gasteiger partial charge is 0.252 e. The fourth-order valence-electron chi connectivity index (χ4n) is 3.19. The molecule has 2 aromatic rings. The maximum atomic E-state index is 12.7. The standard InChI is InChI=1S/C21H24ClN3O4S/c22-19-9-8-17(30(28,29)25-12-4-5-13-25)14-18(19)21(27)23-11-10-20(26)24-15-16-6-2-1-3-7-16/h1-3,6-9,14H,4-5,10-13,15H2,(H,23,27)(H,24,26). The lowest BCUT2D eigenvalue weighted by Gasteiger charge is -2.16. The minimum atomic E-state index is -3.65. The number of halogens is 1. The van der Waals surface area contributed by atoms with Crippen LogP contribution in [0.15, 0.2) is 53.4 Å². The lowest BCUT2D eigenvalue weighted by molar-refractivity contribution is -0.121. The van der Waals surface area contributed by atoms with Crippen LogP contribution in [0.25, 0.3) is 0 Å². The highest BCUT2D eigenvalue weighted by molar-refractivity contribution is 7.89. The summed E-state index contributed by atoms with van der Waals surface area (Å²) in [6.07, 6.45) is 1.75. The minimum Gasteiger partial charge on any atom is -0.352 e. The molecule has 30 heavy (non-hydrogen) atoms. The molecule has 0 spiro atoms. The molecular weight excluding hydrogens is 426 g/mol. The Balaban J connectivity index is 1.55. The average molecular weight is 450 g/mol. The zero-order valence-corrected chi connectivity index (χ0v) is 18.0. The van der Waals surface area contributed by atoms with Crippen LogP contribution >= 0.6 is 11.6 Å². The summed E-state index contributed by atoms with van der Waals surface area (Å²) < 4.78 is 26.8. The van der Waals surface area contributed by atoms with Crippen LogP contribution in [0.3, 0.4) is 0 Å². The molecule has 160 valence electrons. The van der Waals surface area contributed by atoms with Crippen LogP contribution in [0, 0.1) is 0 Å². The third-order valence-electron chi connectivity index (χ3n) is 4.86. The molecule has 2 aromatic carbocycles. The first-order valence-electron chi connectivity index (χ1n) is 9.76. The summed E-state index contributed by atoms with van der Waals surface area (Å²) in [5.41, 5.74) is 1.05. The van der Waals surface area contributed by atoms with E-state index in [1.807, 2.05) is 30.3 Å². The van der Waals surface area contributed by atoms with Gasteiger partial charge in [-0.15, -0.1) is 0 Å². The van der Waals surface area contributed by atoms with Crippen molar-refractivity contribution in [1.82, 2.24) is 14.9 Å². The maximum Gasteiger partial charge on any atom is 0.252 e. The van der Waals surface area contributed by atoms with E-state index in [-0.39, 0.29) is 34.4 Å². The van der Waals surface area contributed by atoms with Gasteiger partial charge in [0.05, 0.1) is 15.5 Å². The summed E-state index contributed by atoms with van der Waals surface area (Å²) in [4.78, 5) is 24.5. The van der Waals surface area contributed by atoms with Crippen molar-refractivity contribution in [1.29, 1.82) is 0 Å². The molecule has 7 nitrogen and oxygen atoms in total. The number of carbonyl (C=O) groups is 2. The van der Waals surface area contributed by atoms with E-state index in [1.54, 1.807) is 0 Å². The molecule has 0 radical (unpaired) electrons. The summed E-state index contributed by atoms with van der Waals surface area (Å²) in [6.45, 7) is 1.48. The second kappa shape index (κ2) is 10.1. The lowest BCUT2D eigenvalue weighted by Crippen LogP contribution is -2.31. The Bertz CT molecular complexity index is 1010. The predicted molar refractivity (Wildman–Crippen MR) is 115 cm³/mol.